The zero-order chi connectivity index (χ0) is 28.9. The van der Waals surface area contributed by atoms with Gasteiger partial charge in [0.1, 0.15) is 12.6 Å². The second kappa shape index (κ2) is 12.5. The Balaban J connectivity index is 1.45. The molecule has 0 spiro atoms. The molecule has 2 atom stereocenters. The second-order valence-electron chi connectivity index (χ2n) is 10.3. The summed E-state index contributed by atoms with van der Waals surface area (Å²) in [5, 5.41) is 19.0. The number of piperazine rings is 1. The zero-order valence-electron chi connectivity index (χ0n) is 22.6. The van der Waals surface area contributed by atoms with E-state index in [9.17, 15) is 23.1 Å². The highest BCUT2D eigenvalue weighted by Gasteiger charge is 2.51. The fourth-order valence-electron chi connectivity index (χ4n) is 4.94. The van der Waals surface area contributed by atoms with Crippen LogP contribution in [-0.2, 0) is 28.2 Å². The number of hydrogen-bond acceptors (Lipinski definition) is 7. The Morgan fingerprint density at radius 1 is 1.02 bits per heavy atom. The number of esters is 1. The van der Waals surface area contributed by atoms with Gasteiger partial charge in [-0.2, -0.15) is 13.2 Å². The van der Waals surface area contributed by atoms with Crippen LogP contribution < -0.4 is 0 Å². The fourth-order valence-corrected chi connectivity index (χ4v) is 4.94. The van der Waals surface area contributed by atoms with Gasteiger partial charge in [0.15, 0.2) is 5.60 Å². The van der Waals surface area contributed by atoms with Crippen LogP contribution >= 0.6 is 0 Å². The zero-order valence-corrected chi connectivity index (χ0v) is 22.6. The highest BCUT2D eigenvalue weighted by atomic mass is 19.4. The van der Waals surface area contributed by atoms with Crippen LogP contribution in [0.15, 0.2) is 67.0 Å². The number of aromatic nitrogens is 1. The van der Waals surface area contributed by atoms with Crippen LogP contribution in [0, 0.1) is 6.92 Å². The summed E-state index contributed by atoms with van der Waals surface area (Å²) in [5.41, 5.74) is 1.55. The number of carbonyl (C=O) groups is 1. The van der Waals surface area contributed by atoms with Gasteiger partial charge in [0.2, 0.25) is 0 Å². The molecule has 0 radical (unpaired) electrons. The number of aryl methyl sites for hydroxylation is 1. The predicted octanol–water partition coefficient (Wildman–Crippen LogP) is 4.05. The van der Waals surface area contributed by atoms with Crippen molar-refractivity contribution in [3.8, 4) is 11.1 Å². The van der Waals surface area contributed by atoms with Gasteiger partial charge in [0, 0.05) is 45.1 Å². The van der Waals surface area contributed by atoms with E-state index in [-0.39, 0.29) is 24.7 Å². The van der Waals surface area contributed by atoms with Crippen LogP contribution in [-0.4, -0.2) is 76.0 Å². The Labute approximate surface area is 231 Å². The first kappa shape index (κ1) is 29.7. The molecular weight excluding hydrogens is 523 g/mol. The van der Waals surface area contributed by atoms with Gasteiger partial charge in [-0.1, -0.05) is 42.5 Å². The van der Waals surface area contributed by atoms with Crippen LogP contribution in [0.3, 0.4) is 0 Å². The number of alkyl halides is 3. The number of rotatable bonds is 9. The number of hydrogen-bond donors (Lipinski definition) is 2. The van der Waals surface area contributed by atoms with Gasteiger partial charge in [0.25, 0.3) is 0 Å². The van der Waals surface area contributed by atoms with Crippen molar-refractivity contribution in [2.75, 3.05) is 32.8 Å². The third-order valence-corrected chi connectivity index (χ3v) is 7.33. The van der Waals surface area contributed by atoms with E-state index in [1.54, 1.807) is 24.5 Å². The molecule has 1 aliphatic heterocycles. The van der Waals surface area contributed by atoms with E-state index in [0.29, 0.717) is 26.2 Å². The maximum absolute atomic E-state index is 13.2. The quantitative estimate of drug-likeness (QED) is 0.384. The lowest BCUT2D eigenvalue weighted by Crippen LogP contribution is -2.56. The molecule has 1 saturated heterocycles. The number of halogens is 3. The Hall–Kier alpha value is -3.31. The van der Waals surface area contributed by atoms with Crippen molar-refractivity contribution < 1.29 is 32.9 Å². The van der Waals surface area contributed by atoms with E-state index >= 15 is 0 Å². The summed E-state index contributed by atoms with van der Waals surface area (Å²) in [4.78, 5) is 21.2. The molecule has 2 aromatic carbocycles. The summed E-state index contributed by atoms with van der Waals surface area (Å²) < 4.78 is 44.9. The van der Waals surface area contributed by atoms with Gasteiger partial charge >= 0.3 is 12.1 Å². The Bertz CT molecular complexity index is 1280. The van der Waals surface area contributed by atoms with Gasteiger partial charge in [-0.05, 0) is 59.4 Å². The number of aliphatic hydroxyl groups is 2. The van der Waals surface area contributed by atoms with Crippen LogP contribution in [0.4, 0.5) is 13.2 Å². The Morgan fingerprint density at radius 2 is 1.73 bits per heavy atom. The van der Waals surface area contributed by atoms with Crippen molar-refractivity contribution in [1.29, 1.82) is 0 Å². The summed E-state index contributed by atoms with van der Waals surface area (Å²) in [6.07, 6.45) is -1.33. The molecule has 0 bridgehead atoms. The SMILES string of the molecule is Cc1cc(CN2CCN(Cc3ccncc3)C(C(=O)OCCO)C2)ccc1-c1ccc(C(C)(O)C(F)(F)F)cc1. The number of carbonyl (C=O) groups excluding carboxylic acids is 1. The molecule has 1 aliphatic rings. The summed E-state index contributed by atoms with van der Waals surface area (Å²) in [6, 6.07) is 15.1. The largest absolute Gasteiger partial charge is 0.462 e. The predicted molar refractivity (Wildman–Crippen MR) is 144 cm³/mol. The van der Waals surface area contributed by atoms with Crippen LogP contribution in [0.5, 0.6) is 0 Å². The van der Waals surface area contributed by atoms with Crippen molar-refractivity contribution in [2.45, 2.75) is 44.8 Å². The molecule has 7 nitrogen and oxygen atoms in total. The first-order chi connectivity index (χ1) is 19.0. The molecule has 10 heteroatoms. The average molecular weight is 558 g/mol. The standard InChI is InChI=1S/C30H34F3N3O4/c1-21-17-23(3-8-26(21)24-4-6-25(7-5-24)29(2,39)30(31,32)33)18-35-13-14-36(19-22-9-11-34-12-10-22)27(20-35)28(38)40-16-15-37/h3-12,17,27,37,39H,13-16,18-20H2,1-2H3. The first-order valence-electron chi connectivity index (χ1n) is 13.1. The van der Waals surface area contributed by atoms with Crippen molar-refractivity contribution in [2.24, 2.45) is 0 Å². The third-order valence-electron chi connectivity index (χ3n) is 7.33. The normalized spacial score (nSPS) is 18.3. The summed E-state index contributed by atoms with van der Waals surface area (Å²) >= 11 is 0. The molecule has 4 rings (SSSR count). The lowest BCUT2D eigenvalue weighted by atomic mass is 9.92. The van der Waals surface area contributed by atoms with Crippen molar-refractivity contribution >= 4 is 5.97 Å². The van der Waals surface area contributed by atoms with E-state index in [4.69, 9.17) is 9.84 Å². The lowest BCUT2D eigenvalue weighted by molar-refractivity contribution is -0.258. The van der Waals surface area contributed by atoms with E-state index in [1.807, 2.05) is 37.3 Å². The minimum atomic E-state index is -4.77. The number of pyridine rings is 1. The molecule has 0 amide bonds. The highest BCUT2D eigenvalue weighted by Crippen LogP contribution is 2.39. The number of ether oxygens (including phenoxy) is 1. The second-order valence-corrected chi connectivity index (χ2v) is 10.3. The molecule has 0 aliphatic carbocycles. The van der Waals surface area contributed by atoms with Gasteiger partial charge in [-0.3, -0.25) is 19.6 Å². The molecule has 3 aromatic rings. The van der Waals surface area contributed by atoms with Crippen molar-refractivity contribution in [3.63, 3.8) is 0 Å². The molecule has 2 N–H and O–H groups in total. The molecule has 214 valence electrons. The van der Waals surface area contributed by atoms with Gasteiger partial charge in [-0.25, -0.2) is 0 Å². The van der Waals surface area contributed by atoms with Crippen molar-refractivity contribution in [3.05, 3.63) is 89.2 Å². The average Bonchev–Trinajstić information content (AvgIpc) is 2.92. The minimum Gasteiger partial charge on any atom is -0.462 e. The Kier molecular flexibility index (Phi) is 9.25. The molecule has 40 heavy (non-hydrogen) atoms. The van der Waals surface area contributed by atoms with Gasteiger partial charge in [0.05, 0.1) is 6.61 Å². The van der Waals surface area contributed by atoms with E-state index in [1.165, 1.54) is 12.1 Å². The third kappa shape index (κ3) is 6.87. The molecule has 0 saturated carbocycles. The summed E-state index contributed by atoms with van der Waals surface area (Å²) in [5.74, 6) is -0.368. The summed E-state index contributed by atoms with van der Waals surface area (Å²) in [7, 11) is 0. The molecular formula is C30H34F3N3O4. The monoisotopic (exact) mass is 557 g/mol. The van der Waals surface area contributed by atoms with Crippen LogP contribution in [0.2, 0.25) is 0 Å². The highest BCUT2D eigenvalue weighted by molar-refractivity contribution is 5.76. The number of nitrogens with zero attached hydrogens (tertiary/aromatic N) is 3. The van der Waals surface area contributed by atoms with E-state index < -0.39 is 17.8 Å². The molecule has 1 fully saturated rings. The van der Waals surface area contributed by atoms with Gasteiger partial charge < -0.3 is 14.9 Å². The topological polar surface area (TPSA) is 86.1 Å². The van der Waals surface area contributed by atoms with E-state index in [0.717, 1.165) is 41.3 Å². The minimum absolute atomic E-state index is 0.0478. The summed E-state index contributed by atoms with van der Waals surface area (Å²) in [6.45, 7) is 5.48. The molecule has 2 unspecified atom stereocenters. The van der Waals surface area contributed by atoms with Crippen LogP contribution in [0.25, 0.3) is 11.1 Å². The first-order valence-corrected chi connectivity index (χ1v) is 13.1. The smallest absolute Gasteiger partial charge is 0.421 e. The van der Waals surface area contributed by atoms with Crippen molar-refractivity contribution in [1.82, 2.24) is 14.8 Å². The van der Waals surface area contributed by atoms with E-state index in [2.05, 4.69) is 14.8 Å². The van der Waals surface area contributed by atoms with Gasteiger partial charge in [-0.15, -0.1) is 0 Å². The maximum atomic E-state index is 13.2. The Morgan fingerprint density at radius 3 is 2.35 bits per heavy atom. The number of aliphatic hydroxyl groups excluding tert-OH is 1. The molecule has 2 heterocycles. The lowest BCUT2D eigenvalue weighted by Gasteiger charge is -2.40. The fraction of sp³-hybridized carbons (Fsp3) is 0.400. The number of benzene rings is 2. The van der Waals surface area contributed by atoms with Crippen LogP contribution in [0.1, 0.15) is 29.2 Å². The molecule has 1 aromatic heterocycles. The maximum Gasteiger partial charge on any atom is 0.421 e.